The molecule has 33 heavy (non-hydrogen) atoms. The summed E-state index contributed by atoms with van der Waals surface area (Å²) in [5.41, 5.74) is 2.77. The van der Waals surface area contributed by atoms with Gasteiger partial charge in [-0.05, 0) is 43.2 Å². The summed E-state index contributed by atoms with van der Waals surface area (Å²) in [5, 5.41) is 2.81. The van der Waals surface area contributed by atoms with Gasteiger partial charge in [0.25, 0.3) is 0 Å². The van der Waals surface area contributed by atoms with Crippen molar-refractivity contribution in [3.63, 3.8) is 0 Å². The van der Waals surface area contributed by atoms with Crippen molar-refractivity contribution in [3.05, 3.63) is 77.8 Å². The molecule has 2 amide bonds. The van der Waals surface area contributed by atoms with Crippen LogP contribution in [0.1, 0.15) is 24.0 Å². The molecule has 0 saturated carbocycles. The number of halogens is 1. The zero-order valence-electron chi connectivity index (χ0n) is 18.6. The van der Waals surface area contributed by atoms with Crippen molar-refractivity contribution in [1.29, 1.82) is 0 Å². The van der Waals surface area contributed by atoms with Crippen molar-refractivity contribution < 1.29 is 19.1 Å². The number of likely N-dealkylation sites (N-methyl/N-ethyl adjacent to an activating group) is 2. The van der Waals surface area contributed by atoms with E-state index < -0.39 is 0 Å². The first-order chi connectivity index (χ1) is 15.5. The van der Waals surface area contributed by atoms with Crippen LogP contribution in [0, 0.1) is 0 Å². The summed E-state index contributed by atoms with van der Waals surface area (Å²) in [4.78, 5) is 32.8. The van der Waals surface area contributed by atoms with Crippen molar-refractivity contribution in [1.82, 2.24) is 14.8 Å². The molecule has 4 rings (SSSR count). The van der Waals surface area contributed by atoms with E-state index in [0.29, 0.717) is 24.7 Å². The van der Waals surface area contributed by atoms with Gasteiger partial charge in [0.1, 0.15) is 30.6 Å². The molecule has 8 nitrogen and oxygen atoms in total. The number of nitrogens with one attached hydrogen (secondary N) is 1. The second-order valence-corrected chi connectivity index (χ2v) is 7.94. The zero-order valence-corrected chi connectivity index (χ0v) is 19.4. The fourth-order valence-corrected chi connectivity index (χ4v) is 3.90. The molecule has 174 valence electrons. The Bertz CT molecular complexity index is 1060. The molecule has 1 aromatic heterocycles. The highest BCUT2D eigenvalue weighted by atomic mass is 35.5. The summed E-state index contributed by atoms with van der Waals surface area (Å²) < 4.78 is 10.9. The van der Waals surface area contributed by atoms with Gasteiger partial charge in [-0.2, -0.15) is 0 Å². The van der Waals surface area contributed by atoms with Gasteiger partial charge in [0.05, 0.1) is 6.54 Å². The van der Waals surface area contributed by atoms with Gasteiger partial charge in [-0.15, -0.1) is 12.4 Å². The smallest absolute Gasteiger partial charge is 0.247 e. The predicted molar refractivity (Wildman–Crippen MR) is 128 cm³/mol. The number of nitrogens with zero attached hydrogens (tertiary/aromatic N) is 3. The number of anilines is 1. The summed E-state index contributed by atoms with van der Waals surface area (Å²) >= 11 is 0. The standard InChI is InChI=1S/C24H26N4O4.ClH/c1-27-14-19-12-17(13-25-24(19)26-21(29)15-27)8-9-22(30)28(2)23(18-6-4-3-5-7-18)20-16-31-10-11-32-20;/h3-4,6,8-13,16,23H,5,7,14-15H2,1-2H3,(H,25,26,29);1H/b9-8+;. The molecule has 1 N–H and O–H groups in total. The second kappa shape index (κ2) is 11.0. The van der Waals surface area contributed by atoms with E-state index in [4.69, 9.17) is 9.47 Å². The van der Waals surface area contributed by atoms with Crippen LogP contribution in [-0.2, 0) is 25.6 Å². The summed E-state index contributed by atoms with van der Waals surface area (Å²) in [6.07, 6.45) is 17.2. The molecule has 0 fully saturated rings. The van der Waals surface area contributed by atoms with Gasteiger partial charge in [-0.25, -0.2) is 4.98 Å². The number of allylic oxidation sites excluding steroid dienone is 3. The summed E-state index contributed by atoms with van der Waals surface area (Å²) in [6.45, 7) is 0.910. The molecule has 0 bridgehead atoms. The number of carbonyl (C=O) groups excluding carboxylic acids is 2. The SMILES string of the molecule is CN1CC(=O)Nc2ncc(/C=C/C(=O)N(C)C(C3=CC=CCC3)C3=COC=CO3)cc2C1.Cl. The van der Waals surface area contributed by atoms with Gasteiger partial charge in [-0.3, -0.25) is 14.5 Å². The number of hydrogen-bond donors (Lipinski definition) is 1. The lowest BCUT2D eigenvalue weighted by molar-refractivity contribution is -0.126. The fourth-order valence-electron chi connectivity index (χ4n) is 3.90. The summed E-state index contributed by atoms with van der Waals surface area (Å²) in [5.74, 6) is 0.857. The van der Waals surface area contributed by atoms with Crippen LogP contribution in [-0.4, -0.2) is 53.3 Å². The Balaban J connectivity index is 0.00000306. The van der Waals surface area contributed by atoms with Crippen LogP contribution in [0.25, 0.3) is 6.08 Å². The Morgan fingerprint density at radius 3 is 2.91 bits per heavy atom. The van der Waals surface area contributed by atoms with E-state index in [9.17, 15) is 9.59 Å². The van der Waals surface area contributed by atoms with E-state index >= 15 is 0 Å². The molecule has 9 heteroatoms. The number of pyridine rings is 1. The number of ether oxygens (including phenoxy) is 2. The van der Waals surface area contributed by atoms with Crippen molar-refractivity contribution in [2.45, 2.75) is 25.4 Å². The quantitative estimate of drug-likeness (QED) is 0.664. The Morgan fingerprint density at radius 1 is 1.33 bits per heavy atom. The maximum atomic E-state index is 13.0. The minimum atomic E-state index is -0.365. The first kappa shape index (κ1) is 24.3. The highest BCUT2D eigenvalue weighted by Crippen LogP contribution is 2.27. The second-order valence-electron chi connectivity index (χ2n) is 7.94. The molecule has 0 aromatic carbocycles. The minimum absolute atomic E-state index is 0. The van der Waals surface area contributed by atoms with E-state index in [1.54, 1.807) is 24.2 Å². The first-order valence-electron chi connectivity index (χ1n) is 10.5. The normalized spacial score (nSPS) is 18.5. The number of aromatic nitrogens is 1. The number of hydrogen-bond acceptors (Lipinski definition) is 6. The van der Waals surface area contributed by atoms with E-state index in [2.05, 4.69) is 16.4 Å². The van der Waals surface area contributed by atoms with Crippen LogP contribution in [0.5, 0.6) is 0 Å². The number of fused-ring (bicyclic) bond motifs is 1. The highest BCUT2D eigenvalue weighted by molar-refractivity contribution is 5.94. The third-order valence-electron chi connectivity index (χ3n) is 5.44. The monoisotopic (exact) mass is 470 g/mol. The van der Waals surface area contributed by atoms with Gasteiger partial charge in [0.2, 0.25) is 11.8 Å². The van der Waals surface area contributed by atoms with Crippen molar-refractivity contribution in [3.8, 4) is 0 Å². The lowest BCUT2D eigenvalue weighted by Gasteiger charge is -2.31. The van der Waals surface area contributed by atoms with Crippen LogP contribution in [0.15, 0.2) is 66.7 Å². The lowest BCUT2D eigenvalue weighted by Crippen LogP contribution is -2.39. The number of carbonyl (C=O) groups is 2. The average Bonchev–Trinajstić information content (AvgIpc) is 2.94. The van der Waals surface area contributed by atoms with E-state index in [0.717, 1.165) is 29.5 Å². The van der Waals surface area contributed by atoms with Crippen LogP contribution >= 0.6 is 12.4 Å². The molecular weight excluding hydrogens is 444 g/mol. The highest BCUT2D eigenvalue weighted by Gasteiger charge is 2.29. The predicted octanol–water partition coefficient (Wildman–Crippen LogP) is 3.36. The van der Waals surface area contributed by atoms with Crippen LogP contribution < -0.4 is 5.32 Å². The molecule has 0 spiro atoms. The molecule has 1 aliphatic carbocycles. The molecular formula is C24H27ClN4O4. The fraction of sp³-hybridized carbons (Fsp3) is 0.292. The van der Waals surface area contributed by atoms with E-state index in [1.807, 2.05) is 30.2 Å². The Morgan fingerprint density at radius 2 is 2.18 bits per heavy atom. The molecule has 0 saturated heterocycles. The molecule has 3 heterocycles. The molecule has 2 aliphatic heterocycles. The molecule has 1 aromatic rings. The van der Waals surface area contributed by atoms with Crippen molar-refractivity contribution >= 4 is 36.1 Å². The average molecular weight is 471 g/mol. The van der Waals surface area contributed by atoms with Crippen LogP contribution in [0.3, 0.4) is 0 Å². The van der Waals surface area contributed by atoms with E-state index in [1.165, 1.54) is 24.9 Å². The van der Waals surface area contributed by atoms with Crippen LogP contribution in [0.2, 0.25) is 0 Å². The van der Waals surface area contributed by atoms with E-state index in [-0.39, 0.29) is 30.3 Å². The van der Waals surface area contributed by atoms with Gasteiger partial charge in [0.15, 0.2) is 5.76 Å². The topological polar surface area (TPSA) is 84.0 Å². The minimum Gasteiger partial charge on any atom is -0.466 e. The summed E-state index contributed by atoms with van der Waals surface area (Å²) in [7, 11) is 3.63. The van der Waals surface area contributed by atoms with Crippen molar-refractivity contribution in [2.75, 3.05) is 26.0 Å². The lowest BCUT2D eigenvalue weighted by atomic mass is 9.95. The Labute approximate surface area is 199 Å². The third-order valence-corrected chi connectivity index (χ3v) is 5.44. The first-order valence-corrected chi connectivity index (χ1v) is 10.5. The van der Waals surface area contributed by atoms with Gasteiger partial charge in [0, 0.05) is 31.4 Å². The van der Waals surface area contributed by atoms with Crippen LogP contribution in [0.4, 0.5) is 5.82 Å². The molecule has 1 atom stereocenters. The Kier molecular flexibility index (Phi) is 8.08. The molecule has 1 unspecified atom stereocenters. The number of amides is 2. The third kappa shape index (κ3) is 5.91. The maximum absolute atomic E-state index is 13.0. The zero-order chi connectivity index (χ0) is 22.5. The van der Waals surface area contributed by atoms with Gasteiger partial charge < -0.3 is 19.7 Å². The van der Waals surface area contributed by atoms with Crippen molar-refractivity contribution in [2.24, 2.45) is 0 Å². The Hall–Kier alpha value is -3.36. The summed E-state index contributed by atoms with van der Waals surface area (Å²) in [6, 6.07) is 1.57. The van der Waals surface area contributed by atoms with Gasteiger partial charge in [-0.1, -0.05) is 18.2 Å². The van der Waals surface area contributed by atoms with Gasteiger partial charge >= 0.3 is 0 Å². The number of rotatable bonds is 5. The molecule has 0 radical (unpaired) electrons. The maximum Gasteiger partial charge on any atom is 0.247 e. The molecule has 3 aliphatic rings. The largest absolute Gasteiger partial charge is 0.466 e.